The average molecular weight is 2090 g/mol. The fraction of sp³-hybridized carbons (Fsp3) is 0.579. The Morgan fingerprint density at radius 1 is 0.730 bits per heavy atom. The van der Waals surface area contributed by atoms with Crippen molar-refractivity contribution in [1.29, 1.82) is 0 Å². The molecule has 3 rings (SSSR count). The van der Waals surface area contributed by atoms with Crippen molar-refractivity contribution in [3.05, 3.63) is 49.4 Å². The Morgan fingerprint density at radius 3 is 1.62 bits per heavy atom. The van der Waals surface area contributed by atoms with Gasteiger partial charge in [-0.25, -0.2) is 0 Å². The van der Waals surface area contributed by atoms with Gasteiger partial charge in [-0.05, 0) is 6.10 Å². The van der Waals surface area contributed by atoms with Crippen molar-refractivity contribution in [2.45, 2.75) is 55.1 Å². The van der Waals surface area contributed by atoms with E-state index in [-0.39, 0.29) is 341 Å². The maximum Gasteiger partial charge on any atom is 0.187 e. The molecule has 18 heteroatoms. The van der Waals surface area contributed by atoms with Gasteiger partial charge in [0.1, 0.15) is 30.5 Å². The molecule has 9 atom stereocenters. The van der Waals surface area contributed by atoms with Gasteiger partial charge in [0.25, 0.3) is 0 Å². The molecule has 10 nitrogen and oxygen atoms in total. The van der Waals surface area contributed by atoms with E-state index in [0.29, 0.717) is 0 Å². The summed E-state index contributed by atoms with van der Waals surface area (Å²) in [5, 5.41) is 66.9. The minimum absolute atomic E-state index is 0. The van der Waals surface area contributed by atoms with E-state index in [1.807, 2.05) is 30.3 Å². The van der Waals surface area contributed by atoms with Crippen LogP contribution < -0.4 is 0 Å². The second kappa shape index (κ2) is 35.7. The van der Waals surface area contributed by atoms with E-state index in [2.05, 4.69) is 6.92 Å². The normalized spacial score (nSPS) is 31.4. The van der Waals surface area contributed by atoms with Gasteiger partial charge in [0.05, 0.1) is 25.4 Å². The molecule has 0 saturated carbocycles. The van der Waals surface area contributed by atoms with Crippen molar-refractivity contribution < 1.29 is 391 Å². The summed E-state index contributed by atoms with van der Waals surface area (Å²) in [4.78, 5) is 0. The molecule has 1 aromatic carbocycles. The summed E-state index contributed by atoms with van der Waals surface area (Å²) in [5.41, 5.74) is 1.07. The molecule has 0 spiro atoms. The zero-order valence-electron chi connectivity index (χ0n) is 20.3. The molecule has 9 unspecified atom stereocenters. The van der Waals surface area contributed by atoms with Gasteiger partial charge < -0.3 is 50.0 Å². The fourth-order valence-corrected chi connectivity index (χ4v) is 2.88. The molecule has 2 fully saturated rings. The Balaban J connectivity index is -0.000000106. The molecule has 190 valence electrons. The van der Waals surface area contributed by atoms with Crippen LogP contribution in [0, 0.1) is 322 Å². The van der Waals surface area contributed by atoms with Crippen LogP contribution in [0.5, 0.6) is 0 Å². The van der Waals surface area contributed by atoms with Crippen molar-refractivity contribution in [1.82, 2.24) is 0 Å². The first-order valence-corrected chi connectivity index (χ1v) is 9.09. The van der Waals surface area contributed by atoms with Crippen LogP contribution in [0.2, 0.25) is 0 Å². The average Bonchev–Trinajstić information content (AvgIpc) is 2.72. The van der Waals surface area contributed by atoms with Gasteiger partial charge in [0.2, 0.25) is 0 Å². The van der Waals surface area contributed by atoms with Gasteiger partial charge in [-0.2, -0.15) is 31.2 Å². The first kappa shape index (κ1) is 62.1. The van der Waals surface area contributed by atoms with Gasteiger partial charge in [0.15, 0.2) is 6.29 Å². The zero-order chi connectivity index (χ0) is 21.6. The van der Waals surface area contributed by atoms with Crippen molar-refractivity contribution in [2.24, 2.45) is 0 Å². The first-order chi connectivity index (χ1) is 13.8. The van der Waals surface area contributed by atoms with Crippen LogP contribution in [0.1, 0.15) is 5.56 Å². The maximum atomic E-state index is 9.90. The van der Waals surface area contributed by atoms with Gasteiger partial charge in [-0.3, -0.25) is 0 Å². The summed E-state index contributed by atoms with van der Waals surface area (Å²) in [6, 6.07) is 9.87. The Labute approximate surface area is 494 Å². The smallest absolute Gasteiger partial charge is 0.187 e. The molecule has 1 aromatic rings. The van der Waals surface area contributed by atoms with Crippen LogP contribution in [0.25, 0.3) is 0 Å². The fourth-order valence-electron chi connectivity index (χ4n) is 2.88. The summed E-state index contributed by atoms with van der Waals surface area (Å²) in [6.07, 6.45) is -12.6. The molecule has 2 heterocycles. The summed E-state index contributed by atoms with van der Waals surface area (Å²) in [7, 11) is 0. The third-order valence-corrected chi connectivity index (χ3v) is 4.61. The Kier molecular flexibility index (Phi) is 59.9. The van der Waals surface area contributed by atoms with Crippen LogP contribution in [-0.4, -0.2) is 104 Å². The van der Waals surface area contributed by atoms with Crippen LogP contribution in [0.4, 0.5) is 0 Å². The molecule has 8 radical (unpaired) electrons. The topological polar surface area (TPSA) is 169 Å². The molecular weight excluding hydrogens is 2070 g/mol. The molecular formula is C19H28Ac7O10Y-2. The predicted molar refractivity (Wildman–Crippen MR) is 97.8 cm³/mol. The van der Waals surface area contributed by atoms with E-state index in [4.69, 9.17) is 19.3 Å². The monoisotopic (exact) mass is 2090 g/mol. The van der Waals surface area contributed by atoms with Crippen molar-refractivity contribution >= 4 is 0 Å². The number of aliphatic hydroxyl groups is 7. The van der Waals surface area contributed by atoms with Crippen LogP contribution in [0.15, 0.2) is 30.3 Å². The van der Waals surface area contributed by atoms with Crippen molar-refractivity contribution in [3.8, 4) is 0 Å². The van der Waals surface area contributed by atoms with E-state index < -0.39 is 68.3 Å². The second-order valence-corrected chi connectivity index (χ2v) is 6.76. The summed E-state index contributed by atoms with van der Waals surface area (Å²) in [5.74, 6) is 0. The van der Waals surface area contributed by atoms with Crippen LogP contribution in [0.3, 0.4) is 0 Å². The summed E-state index contributed by atoms with van der Waals surface area (Å²) >= 11 is 0. The van der Waals surface area contributed by atoms with Crippen molar-refractivity contribution in [2.75, 3.05) is 13.2 Å². The molecule has 0 amide bonds. The SMILES string of the molecule is OCC1OC(OC2C(CO)O[CH-]C(O)C2O)C(O)C(O)C1O.[Ac].[Ac].[Ac].[Ac].[Ac].[Ac].[Ac].[CH2-]c1ccccc1.[Y]. The van der Waals surface area contributed by atoms with Crippen LogP contribution in [-0.2, 0) is 46.9 Å². The van der Waals surface area contributed by atoms with E-state index in [9.17, 15) is 30.6 Å². The Hall–Kier alpha value is 9.88. The number of rotatable bonds is 4. The van der Waals surface area contributed by atoms with Crippen LogP contribution >= 0.6 is 0 Å². The summed E-state index contributed by atoms with van der Waals surface area (Å²) < 4.78 is 15.4. The van der Waals surface area contributed by atoms with E-state index in [0.717, 1.165) is 12.2 Å². The number of hydrogen-bond donors (Lipinski definition) is 7. The molecule has 0 aliphatic carbocycles. The quantitative estimate of drug-likeness (QED) is 0.158. The van der Waals surface area contributed by atoms with E-state index >= 15 is 0 Å². The third-order valence-electron chi connectivity index (χ3n) is 4.61. The third kappa shape index (κ3) is 22.3. The largest absolute Gasteiger partial charge is 0.544 e. The van der Waals surface area contributed by atoms with E-state index in [1.165, 1.54) is 0 Å². The molecule has 0 bridgehead atoms. The molecule has 2 aliphatic rings. The Bertz CT molecular complexity index is 616. The zero-order valence-corrected chi connectivity index (χ0v) is 56.3. The van der Waals surface area contributed by atoms with E-state index in [1.54, 1.807) is 0 Å². The van der Waals surface area contributed by atoms with Crippen molar-refractivity contribution in [3.63, 3.8) is 0 Å². The maximum absolute atomic E-state index is 9.90. The number of benzene rings is 1. The predicted octanol–water partition coefficient (Wildman–Crippen LogP) is -2.69. The minimum Gasteiger partial charge on any atom is -0.544 e. The standard InChI is InChI=1S/C12H21O10.C7H7.7Ac.Y/c13-1-5-8(17)9(18)10(19)12(21-5)22-11-6(2-14)20-3-4(15)7(11)16;1-7-5-3-2-4-6-7;;;;;;;;/h3-19H,1-2H2;2-6H,1H2;;;;;;;;/q2*-1;;;;;;;;. The molecule has 7 N–H and O–H groups in total. The summed E-state index contributed by atoms with van der Waals surface area (Å²) in [6.45, 7) is 3.49. The number of ether oxygens (including phenoxy) is 3. The van der Waals surface area contributed by atoms with Gasteiger partial charge in [0, 0.05) is 341 Å². The molecule has 2 aliphatic heterocycles. The molecule has 2 saturated heterocycles. The Morgan fingerprint density at radius 2 is 1.22 bits per heavy atom. The van der Waals surface area contributed by atoms with Gasteiger partial charge in [-0.15, -0.1) is 12.1 Å². The number of hydrogen-bond acceptors (Lipinski definition) is 10. The van der Waals surface area contributed by atoms with Gasteiger partial charge >= 0.3 is 0 Å². The number of aliphatic hydroxyl groups excluding tert-OH is 7. The molecule has 0 aromatic heterocycles. The minimum atomic E-state index is -1.66. The molecule has 37 heavy (non-hydrogen) atoms. The second-order valence-electron chi connectivity index (χ2n) is 6.76. The van der Waals surface area contributed by atoms with Gasteiger partial charge in [-0.1, -0.05) is 6.07 Å². The first-order valence-electron chi connectivity index (χ1n) is 9.09.